The number of H-pyrrole nitrogens is 1. The molecular formula is C15H19N3O2. The molecule has 1 heterocycles. The Morgan fingerprint density at radius 1 is 1.40 bits per heavy atom. The van der Waals surface area contributed by atoms with Crippen molar-refractivity contribution in [3.63, 3.8) is 0 Å². The van der Waals surface area contributed by atoms with Crippen LogP contribution in [0.25, 0.3) is 0 Å². The van der Waals surface area contributed by atoms with Crippen molar-refractivity contribution in [3.8, 4) is 5.75 Å². The molecule has 0 atom stereocenters. The number of carbonyl (C=O) groups excluding carboxylic acids is 1. The third-order valence-corrected chi connectivity index (χ3v) is 2.95. The van der Waals surface area contributed by atoms with Crippen LogP contribution < -0.4 is 10.1 Å². The summed E-state index contributed by atoms with van der Waals surface area (Å²) in [6, 6.07) is 6.00. The van der Waals surface area contributed by atoms with E-state index in [1.165, 1.54) is 5.56 Å². The van der Waals surface area contributed by atoms with Gasteiger partial charge < -0.3 is 15.0 Å². The number of ether oxygens (including phenoxy) is 1. The largest absolute Gasteiger partial charge is 0.493 e. The van der Waals surface area contributed by atoms with Gasteiger partial charge >= 0.3 is 0 Å². The maximum atomic E-state index is 11.6. The van der Waals surface area contributed by atoms with Crippen LogP contribution in [0.5, 0.6) is 5.75 Å². The molecule has 0 spiro atoms. The lowest BCUT2D eigenvalue weighted by Gasteiger charge is -2.09. The molecule has 0 saturated carbocycles. The van der Waals surface area contributed by atoms with Gasteiger partial charge in [0.1, 0.15) is 5.75 Å². The molecule has 2 aromatic rings. The van der Waals surface area contributed by atoms with Crippen LogP contribution in [0.1, 0.15) is 23.2 Å². The Bertz CT molecular complexity index is 565. The van der Waals surface area contributed by atoms with Gasteiger partial charge in [0.15, 0.2) is 0 Å². The Kier molecular flexibility index (Phi) is 4.76. The van der Waals surface area contributed by atoms with Crippen LogP contribution in [-0.4, -0.2) is 22.5 Å². The van der Waals surface area contributed by atoms with Crippen LogP contribution in [0.4, 0.5) is 0 Å². The molecule has 2 rings (SSSR count). The number of carbonyl (C=O) groups is 1. The van der Waals surface area contributed by atoms with Gasteiger partial charge in [0.05, 0.1) is 31.6 Å². The van der Waals surface area contributed by atoms with Crippen molar-refractivity contribution in [2.45, 2.75) is 26.8 Å². The van der Waals surface area contributed by atoms with Crippen LogP contribution in [0.3, 0.4) is 0 Å². The molecule has 5 nitrogen and oxygen atoms in total. The minimum absolute atomic E-state index is 0.0376. The van der Waals surface area contributed by atoms with Crippen LogP contribution in [0, 0.1) is 13.8 Å². The number of amides is 1. The summed E-state index contributed by atoms with van der Waals surface area (Å²) in [5.41, 5.74) is 3.17. The SMILES string of the molecule is Cc1ccc(OCCC(=O)NCc2cnc[nH]2)c(C)c1. The molecule has 20 heavy (non-hydrogen) atoms. The molecule has 5 heteroatoms. The van der Waals surface area contributed by atoms with Crippen LogP contribution in [0.15, 0.2) is 30.7 Å². The van der Waals surface area contributed by atoms with E-state index in [0.717, 1.165) is 17.0 Å². The summed E-state index contributed by atoms with van der Waals surface area (Å²) in [7, 11) is 0. The summed E-state index contributed by atoms with van der Waals surface area (Å²) < 4.78 is 5.62. The number of benzene rings is 1. The Hall–Kier alpha value is -2.30. The van der Waals surface area contributed by atoms with Crippen molar-refractivity contribution in [2.75, 3.05) is 6.61 Å². The van der Waals surface area contributed by atoms with Crippen molar-refractivity contribution < 1.29 is 9.53 Å². The summed E-state index contributed by atoms with van der Waals surface area (Å²) >= 11 is 0. The van der Waals surface area contributed by atoms with Gasteiger partial charge in [-0.3, -0.25) is 4.79 Å². The predicted molar refractivity (Wildman–Crippen MR) is 76.5 cm³/mol. The molecule has 2 N–H and O–H groups in total. The molecule has 1 aromatic carbocycles. The van der Waals surface area contributed by atoms with Crippen LogP contribution >= 0.6 is 0 Å². The smallest absolute Gasteiger partial charge is 0.223 e. The van der Waals surface area contributed by atoms with E-state index < -0.39 is 0 Å². The molecule has 0 unspecified atom stereocenters. The number of nitrogens with zero attached hydrogens (tertiary/aromatic N) is 1. The second kappa shape index (κ2) is 6.75. The van der Waals surface area contributed by atoms with Gasteiger partial charge in [-0.2, -0.15) is 0 Å². The number of aryl methyl sites for hydroxylation is 2. The molecule has 0 aliphatic rings. The van der Waals surface area contributed by atoms with E-state index in [4.69, 9.17) is 4.74 Å². The number of imidazole rings is 1. The third-order valence-electron chi connectivity index (χ3n) is 2.95. The maximum Gasteiger partial charge on any atom is 0.223 e. The average Bonchev–Trinajstić information content (AvgIpc) is 2.92. The van der Waals surface area contributed by atoms with E-state index in [0.29, 0.717) is 19.6 Å². The first-order valence-corrected chi connectivity index (χ1v) is 6.59. The molecule has 0 bridgehead atoms. The van der Waals surface area contributed by atoms with Crippen molar-refractivity contribution in [1.82, 2.24) is 15.3 Å². The monoisotopic (exact) mass is 273 g/mol. The Morgan fingerprint density at radius 3 is 2.95 bits per heavy atom. The minimum Gasteiger partial charge on any atom is -0.493 e. The second-order valence-electron chi connectivity index (χ2n) is 4.72. The lowest BCUT2D eigenvalue weighted by Crippen LogP contribution is -2.24. The molecule has 0 fully saturated rings. The summed E-state index contributed by atoms with van der Waals surface area (Å²) in [6.45, 7) is 4.88. The standard InChI is InChI=1S/C15H19N3O2/c1-11-3-4-14(12(2)7-11)20-6-5-15(19)17-9-13-8-16-10-18-13/h3-4,7-8,10H,5-6,9H2,1-2H3,(H,16,18)(H,17,19). The number of aromatic nitrogens is 2. The highest BCUT2D eigenvalue weighted by atomic mass is 16.5. The number of hydrogen-bond donors (Lipinski definition) is 2. The van der Waals surface area contributed by atoms with E-state index in [2.05, 4.69) is 21.4 Å². The number of nitrogens with one attached hydrogen (secondary N) is 2. The summed E-state index contributed by atoms with van der Waals surface area (Å²) in [6.07, 6.45) is 3.61. The van der Waals surface area contributed by atoms with E-state index in [1.807, 2.05) is 26.0 Å². The van der Waals surface area contributed by atoms with Crippen molar-refractivity contribution in [2.24, 2.45) is 0 Å². The number of aromatic amines is 1. The second-order valence-corrected chi connectivity index (χ2v) is 4.72. The summed E-state index contributed by atoms with van der Waals surface area (Å²) in [5.74, 6) is 0.793. The van der Waals surface area contributed by atoms with Crippen LogP contribution in [-0.2, 0) is 11.3 Å². The first kappa shape index (κ1) is 14.1. The first-order valence-electron chi connectivity index (χ1n) is 6.59. The molecule has 1 aromatic heterocycles. The minimum atomic E-state index is -0.0376. The van der Waals surface area contributed by atoms with Gasteiger partial charge in [-0.05, 0) is 25.5 Å². The van der Waals surface area contributed by atoms with Crippen molar-refractivity contribution >= 4 is 5.91 Å². The average molecular weight is 273 g/mol. The summed E-state index contributed by atoms with van der Waals surface area (Å²) in [5, 5.41) is 2.80. The molecule has 0 saturated heterocycles. The lowest BCUT2D eigenvalue weighted by molar-refractivity contribution is -0.121. The van der Waals surface area contributed by atoms with Crippen LogP contribution in [0.2, 0.25) is 0 Å². The topological polar surface area (TPSA) is 67.0 Å². The van der Waals surface area contributed by atoms with E-state index in [9.17, 15) is 4.79 Å². The third kappa shape index (κ3) is 4.12. The Labute approximate surface area is 118 Å². The molecule has 106 valence electrons. The molecule has 0 aliphatic carbocycles. The quantitative estimate of drug-likeness (QED) is 0.847. The molecule has 1 amide bonds. The van der Waals surface area contributed by atoms with E-state index in [1.54, 1.807) is 12.5 Å². The van der Waals surface area contributed by atoms with Gasteiger partial charge in [-0.25, -0.2) is 4.98 Å². The maximum absolute atomic E-state index is 11.6. The zero-order valence-electron chi connectivity index (χ0n) is 11.8. The molecule has 0 radical (unpaired) electrons. The highest BCUT2D eigenvalue weighted by molar-refractivity contribution is 5.75. The van der Waals surface area contributed by atoms with Gasteiger partial charge in [0.25, 0.3) is 0 Å². The van der Waals surface area contributed by atoms with Gasteiger partial charge in [0, 0.05) is 6.20 Å². The van der Waals surface area contributed by atoms with Gasteiger partial charge in [-0.15, -0.1) is 0 Å². The molecular weight excluding hydrogens is 254 g/mol. The summed E-state index contributed by atoms with van der Waals surface area (Å²) in [4.78, 5) is 18.5. The number of hydrogen-bond acceptors (Lipinski definition) is 3. The Morgan fingerprint density at radius 2 is 2.25 bits per heavy atom. The van der Waals surface area contributed by atoms with Gasteiger partial charge in [-0.1, -0.05) is 17.7 Å². The predicted octanol–water partition coefficient (Wildman–Crippen LogP) is 2.11. The normalized spacial score (nSPS) is 10.3. The fourth-order valence-corrected chi connectivity index (χ4v) is 1.88. The fourth-order valence-electron chi connectivity index (χ4n) is 1.88. The molecule has 0 aliphatic heterocycles. The highest BCUT2D eigenvalue weighted by Gasteiger charge is 2.04. The highest BCUT2D eigenvalue weighted by Crippen LogP contribution is 2.18. The first-order chi connectivity index (χ1) is 9.65. The fraction of sp³-hybridized carbons (Fsp3) is 0.333. The van der Waals surface area contributed by atoms with E-state index >= 15 is 0 Å². The van der Waals surface area contributed by atoms with Crippen molar-refractivity contribution in [1.29, 1.82) is 0 Å². The zero-order valence-corrected chi connectivity index (χ0v) is 11.8. The van der Waals surface area contributed by atoms with Crippen molar-refractivity contribution in [3.05, 3.63) is 47.5 Å². The lowest BCUT2D eigenvalue weighted by atomic mass is 10.1. The Balaban J connectivity index is 1.71. The van der Waals surface area contributed by atoms with E-state index in [-0.39, 0.29) is 5.91 Å². The number of rotatable bonds is 6. The zero-order chi connectivity index (χ0) is 14.4. The van der Waals surface area contributed by atoms with Gasteiger partial charge in [0.2, 0.25) is 5.91 Å².